The van der Waals surface area contributed by atoms with Crippen molar-refractivity contribution in [2.45, 2.75) is 186 Å². The molecule has 0 aliphatic carbocycles. The summed E-state index contributed by atoms with van der Waals surface area (Å²) in [6.07, 6.45) is 19.2. The van der Waals surface area contributed by atoms with E-state index in [1.54, 1.807) is 4.90 Å². The maximum atomic E-state index is 13.2. The summed E-state index contributed by atoms with van der Waals surface area (Å²) in [4.78, 5) is 14.8. The largest absolute Gasteiger partial charge is 0.394 e. The molecule has 0 unspecified atom stereocenters. The molecule has 1 saturated heterocycles. The summed E-state index contributed by atoms with van der Waals surface area (Å²) < 4.78 is 5.76. The number of aliphatic hydroxyl groups excluding tert-OH is 4. The third-order valence-corrected chi connectivity index (χ3v) is 8.24. The molecule has 1 amide bonds. The monoisotopic (exact) mass is 557 g/mol. The van der Waals surface area contributed by atoms with Crippen LogP contribution in [0.5, 0.6) is 0 Å². The van der Waals surface area contributed by atoms with Crippen LogP contribution >= 0.6 is 0 Å². The molecule has 0 aromatic heterocycles. The van der Waals surface area contributed by atoms with Crippen LogP contribution in [0.3, 0.4) is 0 Å². The van der Waals surface area contributed by atoms with E-state index in [0.29, 0.717) is 13.0 Å². The number of hydrogen-bond acceptors (Lipinski definition) is 6. The Hall–Kier alpha value is -0.730. The van der Waals surface area contributed by atoms with Gasteiger partial charge in [-0.1, -0.05) is 136 Å². The SMILES string of the molecule is CCCCCCCCCCCCCCN(C(=O)CCCCCCCCCCC)[C@@H]1O[C@H](CO)[C@@H](O)[C@H](O)[C@@H]1O. The number of amides is 1. The molecule has 39 heavy (non-hydrogen) atoms. The second kappa shape index (κ2) is 23.9. The van der Waals surface area contributed by atoms with E-state index in [1.807, 2.05) is 0 Å². The summed E-state index contributed by atoms with van der Waals surface area (Å²) in [5.41, 5.74) is 0. The van der Waals surface area contributed by atoms with E-state index in [0.717, 1.165) is 38.5 Å². The molecule has 1 aliphatic rings. The molecule has 1 heterocycles. The quantitative estimate of drug-likeness (QED) is 0.0990. The van der Waals surface area contributed by atoms with Crippen LogP contribution in [-0.4, -0.2) is 75.0 Å². The number of rotatable bonds is 25. The maximum absolute atomic E-state index is 13.2. The molecule has 4 N–H and O–H groups in total. The van der Waals surface area contributed by atoms with Crippen LogP contribution in [0.15, 0.2) is 0 Å². The van der Waals surface area contributed by atoms with Crippen LogP contribution in [0.1, 0.15) is 155 Å². The number of carbonyl (C=O) groups excluding carboxylic acids is 1. The van der Waals surface area contributed by atoms with E-state index in [2.05, 4.69) is 13.8 Å². The Kier molecular flexibility index (Phi) is 22.3. The predicted octanol–water partition coefficient (Wildman–Crippen LogP) is 6.24. The molecule has 1 aliphatic heterocycles. The van der Waals surface area contributed by atoms with Crippen molar-refractivity contribution < 1.29 is 30.0 Å². The van der Waals surface area contributed by atoms with E-state index in [4.69, 9.17) is 4.74 Å². The fourth-order valence-electron chi connectivity index (χ4n) is 5.59. The van der Waals surface area contributed by atoms with Gasteiger partial charge in [0, 0.05) is 13.0 Å². The van der Waals surface area contributed by atoms with Crippen molar-refractivity contribution in [2.24, 2.45) is 0 Å². The molecule has 0 aromatic rings. The Morgan fingerprint density at radius 2 is 1.00 bits per heavy atom. The zero-order valence-electron chi connectivity index (χ0n) is 25.4. The smallest absolute Gasteiger partial charge is 0.224 e. The fourth-order valence-corrected chi connectivity index (χ4v) is 5.59. The van der Waals surface area contributed by atoms with E-state index in [9.17, 15) is 25.2 Å². The minimum absolute atomic E-state index is 0.0923. The molecule has 1 fully saturated rings. The normalized spacial score (nSPS) is 23.3. The van der Waals surface area contributed by atoms with Gasteiger partial charge < -0.3 is 30.1 Å². The van der Waals surface area contributed by atoms with Crippen molar-refractivity contribution in [3.8, 4) is 0 Å². The first-order valence-electron chi connectivity index (χ1n) is 16.6. The molecule has 232 valence electrons. The topological polar surface area (TPSA) is 110 Å². The highest BCUT2D eigenvalue weighted by atomic mass is 16.6. The molecular weight excluding hydrogens is 494 g/mol. The lowest BCUT2D eigenvalue weighted by Gasteiger charge is -2.44. The molecule has 5 atom stereocenters. The highest BCUT2D eigenvalue weighted by molar-refractivity contribution is 5.76. The number of hydrogen-bond donors (Lipinski definition) is 4. The second-order valence-corrected chi connectivity index (χ2v) is 11.8. The number of aliphatic hydroxyl groups is 4. The molecule has 1 rings (SSSR count). The highest BCUT2D eigenvalue weighted by Gasteiger charge is 2.46. The zero-order valence-corrected chi connectivity index (χ0v) is 25.4. The van der Waals surface area contributed by atoms with Crippen molar-refractivity contribution in [1.82, 2.24) is 4.90 Å². The summed E-state index contributed by atoms with van der Waals surface area (Å²) in [6.45, 7) is 4.43. The Morgan fingerprint density at radius 3 is 1.44 bits per heavy atom. The molecule has 0 saturated carbocycles. The van der Waals surface area contributed by atoms with E-state index < -0.39 is 37.3 Å². The van der Waals surface area contributed by atoms with Crippen LogP contribution in [0.25, 0.3) is 0 Å². The maximum Gasteiger partial charge on any atom is 0.224 e. The zero-order chi connectivity index (χ0) is 28.7. The van der Waals surface area contributed by atoms with Crippen molar-refractivity contribution in [1.29, 1.82) is 0 Å². The van der Waals surface area contributed by atoms with Gasteiger partial charge in [0.1, 0.15) is 24.4 Å². The van der Waals surface area contributed by atoms with Gasteiger partial charge in [-0.2, -0.15) is 0 Å². The third-order valence-electron chi connectivity index (χ3n) is 8.24. The van der Waals surface area contributed by atoms with Crippen LogP contribution in [0, 0.1) is 0 Å². The molecular formula is C32H63NO6. The van der Waals surface area contributed by atoms with E-state index in [-0.39, 0.29) is 5.91 Å². The van der Waals surface area contributed by atoms with Gasteiger partial charge in [0.2, 0.25) is 5.91 Å². The van der Waals surface area contributed by atoms with Crippen LogP contribution in [0.2, 0.25) is 0 Å². The fraction of sp³-hybridized carbons (Fsp3) is 0.969. The van der Waals surface area contributed by atoms with Gasteiger partial charge >= 0.3 is 0 Å². The van der Waals surface area contributed by atoms with Gasteiger partial charge in [-0.15, -0.1) is 0 Å². The number of nitrogens with zero attached hydrogens (tertiary/aromatic N) is 1. The molecule has 0 aromatic carbocycles. The molecule has 7 nitrogen and oxygen atoms in total. The van der Waals surface area contributed by atoms with Crippen molar-refractivity contribution in [3.05, 3.63) is 0 Å². The summed E-state index contributed by atoms with van der Waals surface area (Å²) in [7, 11) is 0. The lowest BCUT2D eigenvalue weighted by Crippen LogP contribution is -2.64. The minimum Gasteiger partial charge on any atom is -0.394 e. The van der Waals surface area contributed by atoms with E-state index in [1.165, 1.54) is 96.3 Å². The average Bonchev–Trinajstić information content (AvgIpc) is 2.94. The Balaban J connectivity index is 2.44. The first kappa shape index (κ1) is 36.3. The van der Waals surface area contributed by atoms with Crippen molar-refractivity contribution in [2.75, 3.05) is 13.2 Å². The minimum atomic E-state index is -1.47. The molecule has 0 radical (unpaired) electrons. The summed E-state index contributed by atoms with van der Waals surface area (Å²) in [5.74, 6) is -0.0923. The Morgan fingerprint density at radius 1 is 0.590 bits per heavy atom. The van der Waals surface area contributed by atoms with E-state index >= 15 is 0 Å². The molecule has 0 bridgehead atoms. The van der Waals surface area contributed by atoms with Gasteiger partial charge in [-0.25, -0.2) is 0 Å². The van der Waals surface area contributed by atoms with Crippen LogP contribution < -0.4 is 0 Å². The molecule has 7 heteroatoms. The van der Waals surface area contributed by atoms with Gasteiger partial charge in [0.25, 0.3) is 0 Å². The summed E-state index contributed by atoms with van der Waals surface area (Å²) in [6, 6.07) is 0. The van der Waals surface area contributed by atoms with Crippen LogP contribution in [0.4, 0.5) is 0 Å². The lowest BCUT2D eigenvalue weighted by atomic mass is 9.97. The summed E-state index contributed by atoms with van der Waals surface area (Å²) in [5, 5.41) is 40.7. The number of ether oxygens (including phenoxy) is 1. The standard InChI is InChI=1S/C32H63NO6/c1-3-5-7-9-11-13-14-15-17-19-21-23-25-33(32-31(38)30(37)29(36)27(26-34)39-32)28(35)24-22-20-18-16-12-10-8-6-4-2/h27,29-32,34,36-38H,3-26H2,1-2H3/t27-,29-,30+,31+,32-/m1/s1. The Labute approximate surface area is 239 Å². The van der Waals surface area contributed by atoms with Gasteiger partial charge in [0.15, 0.2) is 6.23 Å². The third kappa shape index (κ3) is 15.7. The average molecular weight is 558 g/mol. The first-order chi connectivity index (χ1) is 19.0. The highest BCUT2D eigenvalue weighted by Crippen LogP contribution is 2.25. The number of unbranched alkanes of at least 4 members (excludes halogenated alkanes) is 19. The predicted molar refractivity (Wildman–Crippen MR) is 158 cm³/mol. The van der Waals surface area contributed by atoms with Gasteiger partial charge in [0.05, 0.1) is 6.61 Å². The lowest BCUT2D eigenvalue weighted by molar-refractivity contribution is -0.262. The first-order valence-corrected chi connectivity index (χ1v) is 16.6. The summed E-state index contributed by atoms with van der Waals surface area (Å²) >= 11 is 0. The Bertz CT molecular complexity index is 575. The molecule has 0 spiro atoms. The second-order valence-electron chi connectivity index (χ2n) is 11.8. The van der Waals surface area contributed by atoms with Gasteiger partial charge in [-0.3, -0.25) is 4.79 Å². The van der Waals surface area contributed by atoms with Crippen LogP contribution in [-0.2, 0) is 9.53 Å². The number of carbonyl (C=O) groups is 1. The van der Waals surface area contributed by atoms with Crippen molar-refractivity contribution >= 4 is 5.91 Å². The van der Waals surface area contributed by atoms with Gasteiger partial charge in [-0.05, 0) is 12.8 Å². The van der Waals surface area contributed by atoms with Crippen molar-refractivity contribution in [3.63, 3.8) is 0 Å².